The number of nitrogens with zero attached hydrogens (tertiary/aromatic N) is 3. The summed E-state index contributed by atoms with van der Waals surface area (Å²) >= 11 is 1.68. The maximum Gasteiger partial charge on any atom is 0.254 e. The minimum absolute atomic E-state index is 0.0662. The van der Waals surface area contributed by atoms with Gasteiger partial charge in [0.2, 0.25) is 0 Å². The van der Waals surface area contributed by atoms with Crippen molar-refractivity contribution >= 4 is 22.9 Å². The van der Waals surface area contributed by atoms with E-state index in [-0.39, 0.29) is 5.91 Å². The van der Waals surface area contributed by atoms with Crippen molar-refractivity contribution in [1.82, 2.24) is 14.8 Å². The number of carbonyl (C=O) groups is 1. The van der Waals surface area contributed by atoms with E-state index in [1.54, 1.807) is 23.5 Å². The molecule has 1 aliphatic heterocycles. The lowest BCUT2D eigenvalue weighted by Crippen LogP contribution is -2.48. The van der Waals surface area contributed by atoms with Gasteiger partial charge in [0.05, 0.1) is 10.7 Å². The topological polar surface area (TPSA) is 62.5 Å². The van der Waals surface area contributed by atoms with Crippen molar-refractivity contribution in [3.05, 3.63) is 45.9 Å². The van der Waals surface area contributed by atoms with Crippen molar-refractivity contribution in [2.24, 2.45) is 0 Å². The molecule has 0 aliphatic carbocycles. The Labute approximate surface area is 134 Å². The number of carbonyl (C=O) groups excluding carboxylic acids is 1. The second-order valence-corrected chi connectivity index (χ2v) is 6.61. The highest BCUT2D eigenvalue weighted by Crippen LogP contribution is 2.14. The molecule has 1 aromatic heterocycles. The molecule has 1 aliphatic rings. The molecular formula is C16H20N4OS. The first kappa shape index (κ1) is 15.0. The second-order valence-electron chi connectivity index (χ2n) is 5.55. The number of nitrogen functional groups attached to an aromatic ring is 1. The Morgan fingerprint density at radius 1 is 1.32 bits per heavy atom. The Balaban J connectivity index is 1.56. The van der Waals surface area contributed by atoms with Gasteiger partial charge >= 0.3 is 0 Å². The van der Waals surface area contributed by atoms with Crippen molar-refractivity contribution in [1.29, 1.82) is 0 Å². The Morgan fingerprint density at radius 3 is 2.73 bits per heavy atom. The van der Waals surface area contributed by atoms with Crippen LogP contribution < -0.4 is 5.73 Å². The Hall–Kier alpha value is -1.92. The fourth-order valence-corrected chi connectivity index (χ4v) is 3.28. The molecule has 3 rings (SSSR count). The van der Waals surface area contributed by atoms with Crippen molar-refractivity contribution in [3.63, 3.8) is 0 Å². The maximum atomic E-state index is 12.5. The molecule has 1 aromatic carbocycles. The van der Waals surface area contributed by atoms with Crippen LogP contribution >= 0.6 is 11.3 Å². The Bertz CT molecular complexity index is 662. The van der Waals surface area contributed by atoms with Gasteiger partial charge in [-0.05, 0) is 25.1 Å². The summed E-state index contributed by atoms with van der Waals surface area (Å²) in [5.41, 5.74) is 8.17. The first-order valence-electron chi connectivity index (χ1n) is 7.40. The summed E-state index contributed by atoms with van der Waals surface area (Å²) in [6.07, 6.45) is 0. The van der Waals surface area contributed by atoms with Gasteiger partial charge in [-0.1, -0.05) is 6.07 Å². The molecule has 116 valence electrons. The lowest BCUT2D eigenvalue weighted by Gasteiger charge is -2.34. The largest absolute Gasteiger partial charge is 0.399 e. The van der Waals surface area contributed by atoms with E-state index in [1.807, 2.05) is 24.0 Å². The van der Waals surface area contributed by atoms with E-state index in [9.17, 15) is 4.79 Å². The number of benzene rings is 1. The van der Waals surface area contributed by atoms with Gasteiger partial charge in [-0.15, -0.1) is 11.3 Å². The fraction of sp³-hybridized carbons (Fsp3) is 0.375. The van der Waals surface area contributed by atoms with Crippen LogP contribution in [0.25, 0.3) is 0 Å². The maximum absolute atomic E-state index is 12.5. The summed E-state index contributed by atoms with van der Waals surface area (Å²) in [4.78, 5) is 21.2. The lowest BCUT2D eigenvalue weighted by molar-refractivity contribution is 0.0627. The van der Waals surface area contributed by atoms with Crippen LogP contribution in [0.15, 0.2) is 29.6 Å². The molecule has 2 heterocycles. The number of hydrogen-bond donors (Lipinski definition) is 1. The van der Waals surface area contributed by atoms with E-state index in [2.05, 4.69) is 15.3 Å². The number of anilines is 1. The average molecular weight is 316 g/mol. The summed E-state index contributed by atoms with van der Waals surface area (Å²) in [6.45, 7) is 6.14. The second kappa shape index (κ2) is 6.46. The zero-order chi connectivity index (χ0) is 15.5. The summed E-state index contributed by atoms with van der Waals surface area (Å²) in [7, 11) is 0. The molecule has 2 N–H and O–H groups in total. The van der Waals surface area contributed by atoms with Gasteiger partial charge in [-0.2, -0.15) is 0 Å². The molecule has 0 atom stereocenters. The monoisotopic (exact) mass is 316 g/mol. The van der Waals surface area contributed by atoms with E-state index in [0.29, 0.717) is 11.3 Å². The zero-order valence-electron chi connectivity index (χ0n) is 12.7. The number of aromatic nitrogens is 1. The van der Waals surface area contributed by atoms with E-state index >= 15 is 0 Å². The van der Waals surface area contributed by atoms with Crippen molar-refractivity contribution in [3.8, 4) is 0 Å². The highest BCUT2D eigenvalue weighted by atomic mass is 32.1. The van der Waals surface area contributed by atoms with E-state index < -0.39 is 0 Å². The molecule has 6 heteroatoms. The van der Waals surface area contributed by atoms with Crippen LogP contribution in [0.2, 0.25) is 0 Å². The number of rotatable bonds is 3. The highest BCUT2D eigenvalue weighted by Gasteiger charge is 2.22. The van der Waals surface area contributed by atoms with Gasteiger partial charge < -0.3 is 10.6 Å². The third-order valence-electron chi connectivity index (χ3n) is 3.85. The SMILES string of the molecule is Cc1nc(CN2CCN(C(=O)c3cccc(N)c3)CC2)cs1. The van der Waals surface area contributed by atoms with Crippen LogP contribution in [0, 0.1) is 6.92 Å². The van der Waals surface area contributed by atoms with Gasteiger partial charge in [0.1, 0.15) is 0 Å². The van der Waals surface area contributed by atoms with Crippen molar-refractivity contribution in [2.45, 2.75) is 13.5 Å². The van der Waals surface area contributed by atoms with Gasteiger partial charge in [-0.25, -0.2) is 4.98 Å². The number of hydrogen-bond acceptors (Lipinski definition) is 5. The number of nitrogens with two attached hydrogens (primary N) is 1. The molecule has 0 radical (unpaired) electrons. The van der Waals surface area contributed by atoms with Crippen molar-refractivity contribution in [2.75, 3.05) is 31.9 Å². The molecule has 0 spiro atoms. The number of piperazine rings is 1. The van der Waals surface area contributed by atoms with E-state index in [4.69, 9.17) is 5.73 Å². The first-order valence-corrected chi connectivity index (χ1v) is 8.28. The summed E-state index contributed by atoms with van der Waals surface area (Å²) in [6, 6.07) is 7.18. The number of aryl methyl sites for hydroxylation is 1. The Morgan fingerprint density at radius 2 is 2.09 bits per heavy atom. The quantitative estimate of drug-likeness (QED) is 0.880. The molecular weight excluding hydrogens is 296 g/mol. The van der Waals surface area contributed by atoms with Gasteiger partial charge in [0, 0.05) is 49.4 Å². The minimum Gasteiger partial charge on any atom is -0.399 e. The third-order valence-corrected chi connectivity index (χ3v) is 4.67. The molecule has 1 amide bonds. The third kappa shape index (κ3) is 3.45. The van der Waals surface area contributed by atoms with Crippen LogP contribution in [0.4, 0.5) is 5.69 Å². The predicted octanol–water partition coefficient (Wildman–Crippen LogP) is 1.99. The molecule has 1 fully saturated rings. The van der Waals surface area contributed by atoms with E-state index in [1.165, 1.54) is 0 Å². The average Bonchev–Trinajstić information content (AvgIpc) is 2.92. The summed E-state index contributed by atoms with van der Waals surface area (Å²) in [5, 5.41) is 3.21. The predicted molar refractivity (Wildman–Crippen MR) is 88.9 cm³/mol. The first-order chi connectivity index (χ1) is 10.6. The van der Waals surface area contributed by atoms with Crippen LogP contribution in [-0.4, -0.2) is 46.9 Å². The molecule has 1 saturated heterocycles. The molecule has 22 heavy (non-hydrogen) atoms. The van der Waals surface area contributed by atoms with Crippen LogP contribution in [0.5, 0.6) is 0 Å². The molecule has 0 saturated carbocycles. The summed E-state index contributed by atoms with van der Waals surface area (Å²) < 4.78 is 0. The van der Waals surface area contributed by atoms with Crippen LogP contribution in [0.1, 0.15) is 21.1 Å². The fourth-order valence-electron chi connectivity index (χ4n) is 2.67. The zero-order valence-corrected chi connectivity index (χ0v) is 13.5. The van der Waals surface area contributed by atoms with Gasteiger partial charge in [0.15, 0.2) is 0 Å². The highest BCUT2D eigenvalue weighted by molar-refractivity contribution is 7.09. The minimum atomic E-state index is 0.0662. The lowest BCUT2D eigenvalue weighted by atomic mass is 10.1. The summed E-state index contributed by atoms with van der Waals surface area (Å²) in [5.74, 6) is 0.0662. The molecule has 2 aromatic rings. The standard InChI is InChI=1S/C16H20N4OS/c1-12-18-15(11-22-12)10-19-5-7-20(8-6-19)16(21)13-3-2-4-14(17)9-13/h2-4,9,11H,5-8,10,17H2,1H3. The smallest absolute Gasteiger partial charge is 0.254 e. The van der Waals surface area contributed by atoms with Gasteiger partial charge in [0.25, 0.3) is 5.91 Å². The van der Waals surface area contributed by atoms with Crippen LogP contribution in [-0.2, 0) is 6.54 Å². The normalized spacial score (nSPS) is 16.0. The molecule has 5 nitrogen and oxygen atoms in total. The Kier molecular flexibility index (Phi) is 4.40. The number of thiazole rings is 1. The van der Waals surface area contributed by atoms with E-state index in [0.717, 1.165) is 43.4 Å². The van der Waals surface area contributed by atoms with Crippen LogP contribution in [0.3, 0.4) is 0 Å². The molecule has 0 bridgehead atoms. The van der Waals surface area contributed by atoms with Gasteiger partial charge in [-0.3, -0.25) is 9.69 Å². The van der Waals surface area contributed by atoms with Crippen molar-refractivity contribution < 1.29 is 4.79 Å². The molecule has 0 unspecified atom stereocenters. The number of amides is 1.